The standard InChI is InChI=1S/C16H21BrN2/c1-12-11-14(6-7-15(12)17)19-10-4-5-13(8-9-18)16(19,2)3/h6-7,11,13H,4-5,8,10H2,1-3H3. The second-order valence-electron chi connectivity index (χ2n) is 5.94. The van der Waals surface area contributed by atoms with Crippen LogP contribution in [0.5, 0.6) is 0 Å². The Balaban J connectivity index is 2.32. The molecule has 1 heterocycles. The van der Waals surface area contributed by atoms with Crippen molar-refractivity contribution in [1.29, 1.82) is 5.26 Å². The van der Waals surface area contributed by atoms with Gasteiger partial charge in [0, 0.05) is 28.7 Å². The Labute approximate surface area is 124 Å². The van der Waals surface area contributed by atoms with E-state index in [2.05, 4.69) is 65.9 Å². The van der Waals surface area contributed by atoms with Gasteiger partial charge >= 0.3 is 0 Å². The first-order valence-electron chi connectivity index (χ1n) is 6.87. The number of anilines is 1. The number of rotatable bonds is 2. The van der Waals surface area contributed by atoms with Gasteiger partial charge in [-0.3, -0.25) is 0 Å². The average Bonchev–Trinajstić information content (AvgIpc) is 2.35. The van der Waals surface area contributed by atoms with Gasteiger partial charge in [-0.15, -0.1) is 0 Å². The van der Waals surface area contributed by atoms with Gasteiger partial charge in [0.25, 0.3) is 0 Å². The second kappa shape index (κ2) is 5.54. The summed E-state index contributed by atoms with van der Waals surface area (Å²) >= 11 is 3.56. The fraction of sp³-hybridized carbons (Fsp3) is 0.562. The minimum Gasteiger partial charge on any atom is -0.366 e. The van der Waals surface area contributed by atoms with Crippen LogP contribution in [-0.4, -0.2) is 12.1 Å². The van der Waals surface area contributed by atoms with E-state index in [1.807, 2.05) is 0 Å². The van der Waals surface area contributed by atoms with E-state index in [9.17, 15) is 0 Å². The molecule has 2 nitrogen and oxygen atoms in total. The first-order valence-corrected chi connectivity index (χ1v) is 7.67. The van der Waals surface area contributed by atoms with Crippen LogP contribution in [0.4, 0.5) is 5.69 Å². The van der Waals surface area contributed by atoms with Crippen LogP contribution in [0.3, 0.4) is 0 Å². The molecular weight excluding hydrogens is 300 g/mol. The molecule has 0 N–H and O–H groups in total. The van der Waals surface area contributed by atoms with Crippen molar-refractivity contribution in [3.05, 3.63) is 28.2 Å². The van der Waals surface area contributed by atoms with Crippen molar-refractivity contribution in [3.8, 4) is 6.07 Å². The third-order valence-electron chi connectivity index (χ3n) is 4.42. The second-order valence-corrected chi connectivity index (χ2v) is 6.79. The molecule has 0 aliphatic carbocycles. The lowest BCUT2D eigenvalue weighted by atomic mass is 9.77. The van der Waals surface area contributed by atoms with Crippen LogP contribution < -0.4 is 4.90 Å². The van der Waals surface area contributed by atoms with Gasteiger partial charge in [-0.05, 0) is 63.3 Å². The highest BCUT2D eigenvalue weighted by atomic mass is 79.9. The SMILES string of the molecule is Cc1cc(N2CCCC(CC#N)C2(C)C)ccc1Br. The van der Waals surface area contributed by atoms with Crippen LogP contribution in [0.1, 0.15) is 38.7 Å². The van der Waals surface area contributed by atoms with Gasteiger partial charge in [0.05, 0.1) is 6.07 Å². The molecule has 1 atom stereocenters. The summed E-state index contributed by atoms with van der Waals surface area (Å²) < 4.78 is 1.15. The van der Waals surface area contributed by atoms with Crippen LogP contribution in [0.15, 0.2) is 22.7 Å². The van der Waals surface area contributed by atoms with Crippen molar-refractivity contribution in [2.75, 3.05) is 11.4 Å². The Bertz CT molecular complexity index is 502. The van der Waals surface area contributed by atoms with Gasteiger partial charge in [-0.1, -0.05) is 15.9 Å². The molecule has 1 aliphatic rings. The lowest BCUT2D eigenvalue weighted by Crippen LogP contribution is -2.53. The fourth-order valence-corrected chi connectivity index (χ4v) is 3.32. The van der Waals surface area contributed by atoms with E-state index < -0.39 is 0 Å². The molecule has 0 spiro atoms. The monoisotopic (exact) mass is 320 g/mol. The Morgan fingerprint density at radius 2 is 2.21 bits per heavy atom. The zero-order chi connectivity index (χ0) is 14.0. The smallest absolute Gasteiger partial charge is 0.0625 e. The summed E-state index contributed by atoms with van der Waals surface area (Å²) in [5.41, 5.74) is 2.58. The predicted molar refractivity (Wildman–Crippen MR) is 83.3 cm³/mol. The predicted octanol–water partition coefficient (Wildman–Crippen LogP) is 4.67. The number of nitriles is 1. The highest BCUT2D eigenvalue weighted by Crippen LogP contribution is 2.39. The number of aryl methyl sites for hydroxylation is 1. The summed E-state index contributed by atoms with van der Waals surface area (Å²) in [6, 6.07) is 8.88. The van der Waals surface area contributed by atoms with Crippen molar-refractivity contribution < 1.29 is 0 Å². The molecule has 0 radical (unpaired) electrons. The highest BCUT2D eigenvalue weighted by molar-refractivity contribution is 9.10. The number of halogens is 1. The van der Waals surface area contributed by atoms with Gasteiger partial charge in [-0.2, -0.15) is 5.26 Å². The molecule has 1 aromatic carbocycles. The zero-order valence-corrected chi connectivity index (χ0v) is 13.5. The van der Waals surface area contributed by atoms with Crippen molar-refractivity contribution in [1.82, 2.24) is 0 Å². The van der Waals surface area contributed by atoms with Crippen molar-refractivity contribution >= 4 is 21.6 Å². The molecule has 3 heteroatoms. The molecule has 1 fully saturated rings. The normalized spacial score (nSPS) is 22.1. The number of piperidine rings is 1. The van der Waals surface area contributed by atoms with Crippen molar-refractivity contribution in [2.24, 2.45) is 5.92 Å². The molecule has 102 valence electrons. The van der Waals surface area contributed by atoms with Gasteiger partial charge < -0.3 is 4.90 Å². The molecule has 0 aromatic heterocycles. The number of hydrogen-bond acceptors (Lipinski definition) is 2. The summed E-state index contributed by atoms with van der Waals surface area (Å²) in [5, 5.41) is 9.01. The summed E-state index contributed by atoms with van der Waals surface area (Å²) in [6.07, 6.45) is 2.98. The van der Waals surface area contributed by atoms with E-state index in [4.69, 9.17) is 5.26 Å². The van der Waals surface area contributed by atoms with Crippen LogP contribution in [-0.2, 0) is 0 Å². The quantitative estimate of drug-likeness (QED) is 0.792. The minimum absolute atomic E-state index is 0.0499. The molecular formula is C16H21BrN2. The van der Waals surface area contributed by atoms with E-state index in [1.165, 1.54) is 17.7 Å². The van der Waals surface area contributed by atoms with Crippen LogP contribution in [0.2, 0.25) is 0 Å². The Morgan fingerprint density at radius 1 is 1.47 bits per heavy atom. The maximum absolute atomic E-state index is 9.01. The largest absolute Gasteiger partial charge is 0.366 e. The van der Waals surface area contributed by atoms with Crippen molar-refractivity contribution in [2.45, 2.75) is 45.6 Å². The molecule has 0 bridgehead atoms. The Morgan fingerprint density at radius 3 is 2.84 bits per heavy atom. The molecule has 1 saturated heterocycles. The third kappa shape index (κ3) is 2.79. The van der Waals surface area contributed by atoms with Gasteiger partial charge in [0.1, 0.15) is 0 Å². The van der Waals surface area contributed by atoms with E-state index in [1.54, 1.807) is 0 Å². The molecule has 2 rings (SSSR count). The first kappa shape index (κ1) is 14.4. The average molecular weight is 321 g/mol. The fourth-order valence-electron chi connectivity index (χ4n) is 3.08. The molecule has 1 unspecified atom stereocenters. The maximum atomic E-state index is 9.01. The molecule has 0 saturated carbocycles. The summed E-state index contributed by atoms with van der Waals surface area (Å²) in [7, 11) is 0. The van der Waals surface area contributed by atoms with E-state index in [-0.39, 0.29) is 5.54 Å². The summed E-state index contributed by atoms with van der Waals surface area (Å²) in [4.78, 5) is 2.47. The van der Waals surface area contributed by atoms with E-state index in [0.29, 0.717) is 12.3 Å². The Kier molecular flexibility index (Phi) is 4.20. The summed E-state index contributed by atoms with van der Waals surface area (Å²) in [5.74, 6) is 0.454. The van der Waals surface area contributed by atoms with Crippen LogP contribution in [0.25, 0.3) is 0 Å². The first-order chi connectivity index (χ1) is 8.96. The van der Waals surface area contributed by atoms with Gasteiger partial charge in [0.2, 0.25) is 0 Å². The molecule has 19 heavy (non-hydrogen) atoms. The van der Waals surface area contributed by atoms with E-state index >= 15 is 0 Å². The maximum Gasteiger partial charge on any atom is 0.0625 e. The zero-order valence-electron chi connectivity index (χ0n) is 11.9. The number of nitrogens with zero attached hydrogens (tertiary/aromatic N) is 2. The lowest BCUT2D eigenvalue weighted by Gasteiger charge is -2.49. The summed E-state index contributed by atoms with van der Waals surface area (Å²) in [6.45, 7) is 7.74. The highest BCUT2D eigenvalue weighted by Gasteiger charge is 2.38. The van der Waals surface area contributed by atoms with Crippen LogP contribution >= 0.6 is 15.9 Å². The number of benzene rings is 1. The van der Waals surface area contributed by atoms with Crippen molar-refractivity contribution in [3.63, 3.8) is 0 Å². The van der Waals surface area contributed by atoms with E-state index in [0.717, 1.165) is 17.4 Å². The topological polar surface area (TPSA) is 27.0 Å². The van der Waals surface area contributed by atoms with Gasteiger partial charge in [0.15, 0.2) is 0 Å². The molecule has 1 aromatic rings. The lowest BCUT2D eigenvalue weighted by molar-refractivity contribution is 0.242. The van der Waals surface area contributed by atoms with Gasteiger partial charge in [-0.25, -0.2) is 0 Å². The van der Waals surface area contributed by atoms with Crippen LogP contribution in [0, 0.1) is 24.2 Å². The molecule has 1 aliphatic heterocycles. The third-order valence-corrected chi connectivity index (χ3v) is 5.31. The Hall–Kier alpha value is -1.01. The minimum atomic E-state index is 0.0499. The molecule has 0 amide bonds. The number of hydrogen-bond donors (Lipinski definition) is 0.